The molecule has 0 saturated carbocycles. The van der Waals surface area contributed by atoms with E-state index in [0.717, 1.165) is 9.75 Å². The fourth-order valence-electron chi connectivity index (χ4n) is 3.62. The Morgan fingerprint density at radius 2 is 1.88 bits per heavy atom. The Morgan fingerprint density at radius 1 is 1.12 bits per heavy atom. The maximum Gasteiger partial charge on any atom is 0.426 e. The van der Waals surface area contributed by atoms with Crippen LogP contribution in [-0.2, 0) is 17.5 Å². The fraction of sp³-hybridized carbons (Fsp3) is 0.227. The van der Waals surface area contributed by atoms with Crippen LogP contribution in [0.5, 0.6) is 0 Å². The third-order valence-corrected chi connectivity index (χ3v) is 7.51. The lowest BCUT2D eigenvalue weighted by molar-refractivity contribution is -0.147. The third-order valence-electron chi connectivity index (χ3n) is 5.28. The van der Waals surface area contributed by atoms with Crippen LogP contribution < -0.4 is 0 Å². The van der Waals surface area contributed by atoms with Gasteiger partial charge in [0.05, 0.1) is 15.7 Å². The van der Waals surface area contributed by atoms with E-state index in [4.69, 9.17) is 9.63 Å². The highest BCUT2D eigenvalue weighted by Gasteiger charge is 2.37. The smallest absolute Gasteiger partial charge is 0.426 e. The highest BCUT2D eigenvalue weighted by molar-refractivity contribution is 7.16. The Bertz CT molecular complexity index is 1290. The summed E-state index contributed by atoms with van der Waals surface area (Å²) in [5, 5.41) is 12.9. The number of hydrogen-bond acceptors (Lipinski definition) is 7. The molecule has 3 aromatic heterocycles. The number of nitrogens with zero attached hydrogens (tertiary/aromatic N) is 3. The van der Waals surface area contributed by atoms with Gasteiger partial charge in [0.25, 0.3) is 5.89 Å². The van der Waals surface area contributed by atoms with Crippen molar-refractivity contribution in [2.75, 3.05) is 13.1 Å². The molecule has 33 heavy (non-hydrogen) atoms. The molecule has 0 bridgehead atoms. The van der Waals surface area contributed by atoms with Gasteiger partial charge in [0.2, 0.25) is 5.82 Å². The minimum absolute atomic E-state index is 0.0321. The van der Waals surface area contributed by atoms with Crippen molar-refractivity contribution in [3.05, 3.63) is 58.3 Å². The van der Waals surface area contributed by atoms with Crippen molar-refractivity contribution in [2.24, 2.45) is 5.92 Å². The summed E-state index contributed by atoms with van der Waals surface area (Å²) in [7, 11) is 0. The summed E-state index contributed by atoms with van der Waals surface area (Å²) in [6.07, 6.45) is -4.50. The van der Waals surface area contributed by atoms with Crippen molar-refractivity contribution in [1.29, 1.82) is 0 Å². The minimum Gasteiger partial charge on any atom is -0.481 e. The number of alkyl halides is 3. The van der Waals surface area contributed by atoms with Gasteiger partial charge in [-0.15, -0.1) is 22.7 Å². The van der Waals surface area contributed by atoms with E-state index in [1.807, 2.05) is 17.0 Å². The standard InChI is InChI=1S/C22H16F3N3O3S2/c23-22(24,25)18-15(12-4-2-1-3-5-12)8-17(33-18)20-26-19(27-31-20)16-7-6-14(32-16)11-28-9-13(10-28)21(29)30/h1-8,13H,9-11H2,(H,29,30). The van der Waals surface area contributed by atoms with Crippen molar-refractivity contribution >= 4 is 28.6 Å². The number of carboxylic acids is 1. The predicted octanol–water partition coefficient (Wildman–Crippen LogP) is 5.73. The number of carbonyl (C=O) groups is 1. The normalized spacial score (nSPS) is 15.0. The molecule has 0 atom stereocenters. The molecule has 5 rings (SSSR count). The monoisotopic (exact) mass is 491 g/mol. The molecule has 11 heteroatoms. The van der Waals surface area contributed by atoms with Crippen LogP contribution in [-0.4, -0.2) is 39.2 Å². The lowest BCUT2D eigenvalue weighted by Crippen LogP contribution is -2.49. The molecule has 0 amide bonds. The van der Waals surface area contributed by atoms with Crippen molar-refractivity contribution < 1.29 is 27.6 Å². The summed E-state index contributed by atoms with van der Waals surface area (Å²) >= 11 is 2.02. The van der Waals surface area contributed by atoms with E-state index in [-0.39, 0.29) is 22.2 Å². The second-order valence-corrected chi connectivity index (χ2v) is 9.86. The van der Waals surface area contributed by atoms with Gasteiger partial charge < -0.3 is 9.63 Å². The Kier molecular flexibility index (Phi) is 5.55. The van der Waals surface area contributed by atoms with Crippen LogP contribution >= 0.6 is 22.7 Å². The summed E-state index contributed by atoms with van der Waals surface area (Å²) in [5.41, 5.74) is 0.543. The van der Waals surface area contributed by atoms with Crippen LogP contribution in [0.25, 0.3) is 32.6 Å². The van der Waals surface area contributed by atoms with Crippen molar-refractivity contribution in [2.45, 2.75) is 12.7 Å². The summed E-state index contributed by atoms with van der Waals surface area (Å²) in [6.45, 7) is 1.65. The number of benzene rings is 1. The highest BCUT2D eigenvalue weighted by atomic mass is 32.1. The van der Waals surface area contributed by atoms with Gasteiger partial charge in [-0.2, -0.15) is 18.2 Å². The molecule has 6 nitrogen and oxygen atoms in total. The zero-order valence-corrected chi connectivity index (χ0v) is 18.5. The lowest BCUT2D eigenvalue weighted by atomic mass is 10.0. The van der Waals surface area contributed by atoms with E-state index in [2.05, 4.69) is 10.1 Å². The molecular formula is C22H16F3N3O3S2. The largest absolute Gasteiger partial charge is 0.481 e. The molecule has 0 aliphatic carbocycles. The lowest BCUT2D eigenvalue weighted by Gasteiger charge is -2.36. The first-order valence-electron chi connectivity index (χ1n) is 9.92. The predicted molar refractivity (Wildman–Crippen MR) is 118 cm³/mol. The van der Waals surface area contributed by atoms with Crippen molar-refractivity contribution in [3.63, 3.8) is 0 Å². The number of hydrogen-bond donors (Lipinski definition) is 1. The molecule has 1 fully saturated rings. The van der Waals surface area contributed by atoms with Gasteiger partial charge in [-0.05, 0) is 23.8 Å². The number of thiophene rings is 2. The molecule has 4 heterocycles. The molecule has 170 valence electrons. The summed E-state index contributed by atoms with van der Waals surface area (Å²) in [4.78, 5) is 18.6. The van der Waals surface area contributed by atoms with Crippen LogP contribution in [0.1, 0.15) is 9.75 Å². The maximum atomic E-state index is 13.7. The van der Waals surface area contributed by atoms with E-state index >= 15 is 0 Å². The SMILES string of the molecule is O=C(O)C1CN(Cc2ccc(-c3noc(-c4cc(-c5ccccc5)c(C(F)(F)F)s4)n3)s2)C1. The molecule has 1 saturated heterocycles. The first-order chi connectivity index (χ1) is 15.8. The molecule has 0 spiro atoms. The second-order valence-electron chi connectivity index (χ2n) is 7.64. The Balaban J connectivity index is 1.37. The molecule has 0 unspecified atom stereocenters. The van der Waals surface area contributed by atoms with Crippen LogP contribution in [0, 0.1) is 5.92 Å². The van der Waals surface area contributed by atoms with E-state index in [9.17, 15) is 18.0 Å². The van der Waals surface area contributed by atoms with Crippen LogP contribution in [0.3, 0.4) is 0 Å². The van der Waals surface area contributed by atoms with Gasteiger partial charge in [0, 0.05) is 30.1 Å². The van der Waals surface area contributed by atoms with Crippen LogP contribution in [0.15, 0.2) is 53.1 Å². The topological polar surface area (TPSA) is 79.5 Å². The summed E-state index contributed by atoms with van der Waals surface area (Å²) in [6, 6.07) is 13.5. The Hall–Kier alpha value is -3.02. The maximum absolute atomic E-state index is 13.7. The van der Waals surface area contributed by atoms with Crippen molar-refractivity contribution in [3.8, 4) is 32.6 Å². The Labute approximate surface area is 193 Å². The number of aromatic nitrogens is 2. The molecule has 0 radical (unpaired) electrons. The molecule has 1 N–H and O–H groups in total. The molecule has 4 aromatic rings. The van der Waals surface area contributed by atoms with E-state index in [1.54, 1.807) is 30.3 Å². The van der Waals surface area contributed by atoms with Gasteiger partial charge in [0.1, 0.15) is 4.88 Å². The van der Waals surface area contributed by atoms with Gasteiger partial charge in [-0.3, -0.25) is 9.69 Å². The fourth-order valence-corrected chi connectivity index (χ4v) is 5.57. The molecule has 1 aliphatic heterocycles. The van der Waals surface area contributed by atoms with Crippen LogP contribution in [0.4, 0.5) is 13.2 Å². The van der Waals surface area contributed by atoms with E-state index in [1.165, 1.54) is 17.4 Å². The molecule has 1 aromatic carbocycles. The van der Waals surface area contributed by atoms with E-state index in [0.29, 0.717) is 42.4 Å². The number of halogens is 3. The quantitative estimate of drug-likeness (QED) is 0.371. The average Bonchev–Trinajstić information content (AvgIpc) is 3.48. The minimum atomic E-state index is -4.50. The third kappa shape index (κ3) is 4.43. The highest BCUT2D eigenvalue weighted by Crippen LogP contribution is 2.45. The molecule has 1 aliphatic rings. The summed E-state index contributed by atoms with van der Waals surface area (Å²) < 4.78 is 46.3. The van der Waals surface area contributed by atoms with Crippen molar-refractivity contribution in [1.82, 2.24) is 15.0 Å². The van der Waals surface area contributed by atoms with Gasteiger partial charge in [-0.1, -0.05) is 35.5 Å². The number of rotatable bonds is 6. The number of carboxylic acid groups (broad SMARTS) is 1. The zero-order valence-electron chi connectivity index (χ0n) is 16.9. The Morgan fingerprint density at radius 3 is 2.58 bits per heavy atom. The number of aliphatic carboxylic acids is 1. The van der Waals surface area contributed by atoms with Gasteiger partial charge >= 0.3 is 12.1 Å². The second kappa shape index (κ2) is 8.40. The van der Waals surface area contributed by atoms with Crippen LogP contribution in [0.2, 0.25) is 0 Å². The van der Waals surface area contributed by atoms with Gasteiger partial charge in [0.15, 0.2) is 0 Å². The first-order valence-corrected chi connectivity index (χ1v) is 11.6. The summed E-state index contributed by atoms with van der Waals surface area (Å²) in [5.74, 6) is -0.770. The van der Waals surface area contributed by atoms with Gasteiger partial charge in [-0.25, -0.2) is 0 Å². The average molecular weight is 492 g/mol. The first kappa shape index (κ1) is 21.8. The zero-order chi connectivity index (χ0) is 23.2. The van der Waals surface area contributed by atoms with E-state index < -0.39 is 17.0 Å². The molecular weight excluding hydrogens is 475 g/mol. The number of likely N-dealkylation sites (tertiary alicyclic amines) is 1.